The molecule has 2 heterocycles. The Morgan fingerprint density at radius 1 is 1.20 bits per heavy atom. The zero-order valence-electron chi connectivity index (χ0n) is 10.6. The number of amides is 4. The number of halogens is 1. The summed E-state index contributed by atoms with van der Waals surface area (Å²) in [6, 6.07) is 4.80. The number of hydrogen-bond acceptors (Lipinski definition) is 3. The number of rotatable bonds is 2. The van der Waals surface area contributed by atoms with Crippen LogP contribution in [0.25, 0.3) is 0 Å². The molecule has 1 fully saturated rings. The summed E-state index contributed by atoms with van der Waals surface area (Å²) in [7, 11) is 0. The van der Waals surface area contributed by atoms with Gasteiger partial charge in [0.25, 0.3) is 5.91 Å². The molecule has 6 nitrogen and oxygen atoms in total. The predicted octanol–water partition coefficient (Wildman–Crippen LogP) is 1.24. The van der Waals surface area contributed by atoms with Crippen molar-refractivity contribution in [3.63, 3.8) is 0 Å². The zero-order valence-corrected chi connectivity index (χ0v) is 11.3. The SMILES string of the molecule is O=C1CCN(N2Cc3c(CCl)cccc3C2=O)C(=O)N1. The molecular weight excluding hydrogens is 282 g/mol. The lowest BCUT2D eigenvalue weighted by Crippen LogP contribution is -2.56. The standard InChI is InChI=1S/C13H12ClN3O3/c14-6-8-2-1-3-9-10(8)7-17(12(9)19)16-5-4-11(18)15-13(16)20/h1-3H,4-7H2,(H,15,18,20). The third-order valence-corrected chi connectivity index (χ3v) is 3.80. The maximum atomic E-state index is 12.4. The van der Waals surface area contributed by atoms with E-state index in [1.54, 1.807) is 12.1 Å². The van der Waals surface area contributed by atoms with Gasteiger partial charge in [-0.2, -0.15) is 0 Å². The lowest BCUT2D eigenvalue weighted by molar-refractivity contribution is -0.123. The number of imide groups is 1. The number of nitrogens with one attached hydrogen (secondary N) is 1. The first-order valence-electron chi connectivity index (χ1n) is 6.21. The second-order valence-corrected chi connectivity index (χ2v) is 4.93. The molecule has 0 bridgehead atoms. The smallest absolute Gasteiger partial charge is 0.276 e. The number of carbonyl (C=O) groups excluding carboxylic acids is 3. The number of benzene rings is 1. The third kappa shape index (κ3) is 1.92. The second kappa shape index (κ2) is 4.79. The lowest BCUT2D eigenvalue weighted by atomic mass is 10.0. The van der Waals surface area contributed by atoms with Crippen molar-refractivity contribution < 1.29 is 14.4 Å². The first-order valence-corrected chi connectivity index (χ1v) is 6.75. The number of hydrogen-bond donors (Lipinski definition) is 1. The fourth-order valence-electron chi connectivity index (χ4n) is 2.49. The molecular formula is C13H12ClN3O3. The number of alkyl halides is 1. The van der Waals surface area contributed by atoms with Crippen molar-refractivity contribution in [1.82, 2.24) is 15.3 Å². The molecule has 1 N–H and O–H groups in total. The Morgan fingerprint density at radius 3 is 2.70 bits per heavy atom. The minimum absolute atomic E-state index is 0.189. The Labute approximate surface area is 120 Å². The lowest BCUT2D eigenvalue weighted by Gasteiger charge is -2.33. The molecule has 104 valence electrons. The maximum Gasteiger partial charge on any atom is 0.342 e. The minimum Gasteiger partial charge on any atom is -0.276 e. The molecule has 2 aliphatic rings. The van der Waals surface area contributed by atoms with Gasteiger partial charge in [-0.15, -0.1) is 11.6 Å². The summed E-state index contributed by atoms with van der Waals surface area (Å²) in [6.07, 6.45) is 0.189. The van der Waals surface area contributed by atoms with Crippen LogP contribution in [-0.4, -0.2) is 34.4 Å². The Hall–Kier alpha value is -2.08. The van der Waals surface area contributed by atoms with Gasteiger partial charge in [0.2, 0.25) is 5.91 Å². The van der Waals surface area contributed by atoms with Crippen LogP contribution in [-0.2, 0) is 17.2 Å². The normalized spacial score (nSPS) is 18.4. The summed E-state index contributed by atoms with van der Waals surface area (Å²) in [6.45, 7) is 0.513. The van der Waals surface area contributed by atoms with Crippen molar-refractivity contribution in [2.24, 2.45) is 0 Å². The van der Waals surface area contributed by atoms with E-state index >= 15 is 0 Å². The Bertz CT molecular complexity index is 617. The van der Waals surface area contributed by atoms with Crippen LogP contribution < -0.4 is 5.32 Å². The number of hydrazine groups is 1. The highest BCUT2D eigenvalue weighted by Gasteiger charge is 2.37. The molecule has 2 aliphatic heterocycles. The van der Waals surface area contributed by atoms with Gasteiger partial charge < -0.3 is 0 Å². The van der Waals surface area contributed by atoms with Crippen molar-refractivity contribution in [3.8, 4) is 0 Å². The first kappa shape index (κ1) is 12.9. The van der Waals surface area contributed by atoms with Crippen LogP contribution in [0.1, 0.15) is 27.9 Å². The first-order chi connectivity index (χ1) is 9.61. The molecule has 3 rings (SSSR count). The van der Waals surface area contributed by atoms with E-state index in [4.69, 9.17) is 11.6 Å². The van der Waals surface area contributed by atoms with Gasteiger partial charge in [0.15, 0.2) is 0 Å². The molecule has 7 heteroatoms. The number of nitrogens with zero attached hydrogens (tertiary/aromatic N) is 2. The number of fused-ring (bicyclic) bond motifs is 1. The van der Waals surface area contributed by atoms with E-state index in [0.717, 1.165) is 11.1 Å². The molecule has 1 aromatic rings. The van der Waals surface area contributed by atoms with E-state index in [0.29, 0.717) is 18.0 Å². The van der Waals surface area contributed by atoms with Crippen LogP contribution in [0.3, 0.4) is 0 Å². The maximum absolute atomic E-state index is 12.4. The van der Waals surface area contributed by atoms with Crippen LogP contribution in [0.5, 0.6) is 0 Å². The molecule has 4 amide bonds. The minimum atomic E-state index is -0.560. The van der Waals surface area contributed by atoms with Crippen LogP contribution >= 0.6 is 11.6 Å². The van der Waals surface area contributed by atoms with Gasteiger partial charge in [0.1, 0.15) is 0 Å². The predicted molar refractivity (Wildman–Crippen MR) is 70.7 cm³/mol. The van der Waals surface area contributed by atoms with Gasteiger partial charge >= 0.3 is 6.03 Å². The highest BCUT2D eigenvalue weighted by atomic mass is 35.5. The molecule has 0 aliphatic carbocycles. The third-order valence-electron chi connectivity index (χ3n) is 3.51. The highest BCUT2D eigenvalue weighted by molar-refractivity contribution is 6.17. The van der Waals surface area contributed by atoms with E-state index in [2.05, 4.69) is 5.32 Å². The van der Waals surface area contributed by atoms with Crippen molar-refractivity contribution in [3.05, 3.63) is 34.9 Å². The van der Waals surface area contributed by atoms with Crippen LogP contribution in [0.15, 0.2) is 18.2 Å². The quantitative estimate of drug-likeness (QED) is 0.834. The van der Waals surface area contributed by atoms with Crippen LogP contribution in [0, 0.1) is 0 Å². The zero-order chi connectivity index (χ0) is 14.3. The molecule has 1 saturated heterocycles. The van der Waals surface area contributed by atoms with E-state index in [9.17, 15) is 14.4 Å². The molecule has 1 aromatic carbocycles. The molecule has 0 atom stereocenters. The van der Waals surface area contributed by atoms with Gasteiger partial charge in [-0.25, -0.2) is 14.8 Å². The number of carbonyl (C=O) groups is 3. The van der Waals surface area contributed by atoms with Gasteiger partial charge in [-0.1, -0.05) is 12.1 Å². The molecule has 0 radical (unpaired) electrons. The molecule has 0 spiro atoms. The van der Waals surface area contributed by atoms with Gasteiger partial charge in [-0.05, 0) is 17.2 Å². The summed E-state index contributed by atoms with van der Waals surface area (Å²) >= 11 is 5.87. The van der Waals surface area contributed by atoms with Gasteiger partial charge in [0, 0.05) is 17.9 Å². The van der Waals surface area contributed by atoms with E-state index in [-0.39, 0.29) is 24.8 Å². The van der Waals surface area contributed by atoms with Gasteiger partial charge in [-0.3, -0.25) is 14.9 Å². The Balaban J connectivity index is 1.90. The van der Waals surface area contributed by atoms with E-state index in [1.807, 2.05) is 6.07 Å². The summed E-state index contributed by atoms with van der Waals surface area (Å²) in [5.74, 6) is -0.247. The fourth-order valence-corrected chi connectivity index (χ4v) is 2.74. The summed E-state index contributed by atoms with van der Waals surface area (Å²) in [5.41, 5.74) is 2.29. The van der Waals surface area contributed by atoms with Crippen molar-refractivity contribution >= 4 is 29.4 Å². The van der Waals surface area contributed by atoms with Crippen molar-refractivity contribution in [2.45, 2.75) is 18.8 Å². The molecule has 0 unspecified atom stereocenters. The molecule has 20 heavy (non-hydrogen) atoms. The summed E-state index contributed by atoms with van der Waals surface area (Å²) < 4.78 is 0. The van der Waals surface area contributed by atoms with E-state index in [1.165, 1.54) is 10.0 Å². The summed E-state index contributed by atoms with van der Waals surface area (Å²) in [4.78, 5) is 35.3. The number of urea groups is 1. The fraction of sp³-hybridized carbons (Fsp3) is 0.308. The van der Waals surface area contributed by atoms with Crippen LogP contribution in [0.2, 0.25) is 0 Å². The molecule has 0 saturated carbocycles. The monoisotopic (exact) mass is 293 g/mol. The Morgan fingerprint density at radius 2 is 2.00 bits per heavy atom. The van der Waals surface area contributed by atoms with Crippen LogP contribution in [0.4, 0.5) is 4.79 Å². The van der Waals surface area contributed by atoms with Gasteiger partial charge in [0.05, 0.1) is 13.1 Å². The topological polar surface area (TPSA) is 69.7 Å². The van der Waals surface area contributed by atoms with E-state index < -0.39 is 6.03 Å². The second-order valence-electron chi connectivity index (χ2n) is 4.67. The largest absolute Gasteiger partial charge is 0.342 e. The summed E-state index contributed by atoms with van der Waals surface area (Å²) in [5, 5.41) is 4.85. The molecule has 0 aromatic heterocycles. The average molecular weight is 294 g/mol. The Kier molecular flexibility index (Phi) is 3.10. The van der Waals surface area contributed by atoms with Crippen molar-refractivity contribution in [2.75, 3.05) is 6.54 Å². The average Bonchev–Trinajstić information content (AvgIpc) is 2.76. The van der Waals surface area contributed by atoms with Crippen molar-refractivity contribution in [1.29, 1.82) is 0 Å². The highest BCUT2D eigenvalue weighted by Crippen LogP contribution is 2.28.